The van der Waals surface area contributed by atoms with Gasteiger partial charge in [0.1, 0.15) is 0 Å². The van der Waals surface area contributed by atoms with Crippen molar-refractivity contribution in [3.05, 3.63) is 35.0 Å². The lowest BCUT2D eigenvalue weighted by atomic mass is 10.0. The molecule has 0 spiro atoms. The molecule has 1 aromatic heterocycles. The van der Waals surface area contributed by atoms with Crippen LogP contribution in [0.5, 0.6) is 0 Å². The number of hydrogen-bond acceptors (Lipinski definition) is 2. The Bertz CT molecular complexity index is 761. The fraction of sp³-hybridized carbons (Fsp3) is 0.500. The van der Waals surface area contributed by atoms with E-state index in [-0.39, 0.29) is 11.9 Å². The predicted octanol–water partition coefficient (Wildman–Crippen LogP) is 2.34. The van der Waals surface area contributed by atoms with E-state index in [9.17, 15) is 4.79 Å². The number of benzene rings is 1. The minimum atomic E-state index is 0.264. The van der Waals surface area contributed by atoms with Crippen LogP contribution in [0.2, 0.25) is 0 Å². The van der Waals surface area contributed by atoms with Gasteiger partial charge in [0.15, 0.2) is 0 Å². The molecule has 1 fully saturated rings. The number of amides is 1. The maximum Gasteiger partial charge on any atom is 0.224 e. The summed E-state index contributed by atoms with van der Waals surface area (Å²) in [5.74, 6) is 0.264. The Hall–Kier alpha value is -1.81. The highest BCUT2D eigenvalue weighted by atomic mass is 16.2. The molecule has 0 N–H and O–H groups in total. The Morgan fingerprint density at radius 1 is 1.23 bits per heavy atom. The van der Waals surface area contributed by atoms with Crippen molar-refractivity contribution in [2.24, 2.45) is 0 Å². The average molecular weight is 297 g/mol. The number of nitrogens with zero attached hydrogens (tertiary/aromatic N) is 3. The van der Waals surface area contributed by atoms with Gasteiger partial charge in [-0.2, -0.15) is 0 Å². The van der Waals surface area contributed by atoms with Crippen LogP contribution in [0.15, 0.2) is 18.2 Å². The van der Waals surface area contributed by atoms with E-state index >= 15 is 0 Å². The summed E-state index contributed by atoms with van der Waals surface area (Å²) in [5, 5.41) is 1.38. The fourth-order valence-corrected chi connectivity index (χ4v) is 4.07. The third-order valence-corrected chi connectivity index (χ3v) is 5.22. The Labute approximate surface area is 131 Å². The van der Waals surface area contributed by atoms with Crippen LogP contribution in [0.4, 0.5) is 0 Å². The second-order valence-corrected chi connectivity index (χ2v) is 6.94. The summed E-state index contributed by atoms with van der Waals surface area (Å²) in [4.78, 5) is 16.3. The fourth-order valence-electron chi connectivity index (χ4n) is 4.07. The first-order valence-electron chi connectivity index (χ1n) is 8.09. The molecule has 0 radical (unpaired) electrons. The zero-order chi connectivity index (χ0) is 15.4. The first-order valence-corrected chi connectivity index (χ1v) is 8.09. The predicted molar refractivity (Wildman–Crippen MR) is 88.0 cm³/mol. The molecule has 116 valence electrons. The molecule has 4 heteroatoms. The zero-order valence-electron chi connectivity index (χ0n) is 13.6. The van der Waals surface area contributed by atoms with Gasteiger partial charge in [0, 0.05) is 56.1 Å². The number of likely N-dealkylation sites (N-methyl/N-ethyl adjacent to an activating group) is 2. The molecule has 22 heavy (non-hydrogen) atoms. The van der Waals surface area contributed by atoms with E-state index in [1.54, 1.807) is 0 Å². The maximum absolute atomic E-state index is 12.0. The third kappa shape index (κ3) is 1.97. The lowest BCUT2D eigenvalue weighted by Crippen LogP contribution is -2.28. The molecule has 3 heterocycles. The highest BCUT2D eigenvalue weighted by Crippen LogP contribution is 2.36. The summed E-state index contributed by atoms with van der Waals surface area (Å²) in [5.41, 5.74) is 5.53. The molecule has 1 unspecified atom stereocenters. The summed E-state index contributed by atoms with van der Waals surface area (Å²) < 4.78 is 2.47. The quantitative estimate of drug-likeness (QED) is 0.808. The molecule has 0 saturated carbocycles. The Morgan fingerprint density at radius 2 is 2.05 bits per heavy atom. The Balaban J connectivity index is 1.92. The number of aromatic nitrogens is 1. The number of aryl methyl sites for hydroxylation is 1. The second-order valence-electron chi connectivity index (χ2n) is 6.94. The summed E-state index contributed by atoms with van der Waals surface area (Å²) in [6.07, 6.45) is 1.71. The van der Waals surface area contributed by atoms with Crippen molar-refractivity contribution in [2.45, 2.75) is 32.4 Å². The van der Waals surface area contributed by atoms with Crippen molar-refractivity contribution in [2.75, 3.05) is 27.2 Å². The van der Waals surface area contributed by atoms with Crippen molar-refractivity contribution < 1.29 is 4.79 Å². The van der Waals surface area contributed by atoms with Crippen LogP contribution in [0.1, 0.15) is 29.3 Å². The van der Waals surface area contributed by atoms with Crippen LogP contribution in [0.25, 0.3) is 10.9 Å². The summed E-state index contributed by atoms with van der Waals surface area (Å²) >= 11 is 0. The van der Waals surface area contributed by atoms with Gasteiger partial charge in [0.2, 0.25) is 5.91 Å². The van der Waals surface area contributed by atoms with Gasteiger partial charge in [-0.15, -0.1) is 0 Å². The van der Waals surface area contributed by atoms with E-state index < -0.39 is 0 Å². The highest BCUT2D eigenvalue weighted by molar-refractivity contribution is 5.87. The summed E-state index contributed by atoms with van der Waals surface area (Å²) in [7, 11) is 4.10. The van der Waals surface area contributed by atoms with Gasteiger partial charge in [0.05, 0.1) is 6.04 Å². The minimum absolute atomic E-state index is 0.264. The smallest absolute Gasteiger partial charge is 0.224 e. The number of hydrogen-bond donors (Lipinski definition) is 0. The molecule has 2 aliphatic rings. The van der Waals surface area contributed by atoms with Crippen molar-refractivity contribution in [3.63, 3.8) is 0 Å². The van der Waals surface area contributed by atoms with E-state index in [1.165, 1.54) is 27.7 Å². The molecular formula is C18H23N3O. The van der Waals surface area contributed by atoms with Crippen LogP contribution in [0.3, 0.4) is 0 Å². The molecule has 1 atom stereocenters. The number of rotatable bonds is 1. The van der Waals surface area contributed by atoms with Crippen LogP contribution >= 0.6 is 0 Å². The highest BCUT2D eigenvalue weighted by Gasteiger charge is 2.32. The second kappa shape index (κ2) is 4.85. The molecule has 0 aliphatic carbocycles. The van der Waals surface area contributed by atoms with Gasteiger partial charge in [-0.25, -0.2) is 0 Å². The maximum atomic E-state index is 12.0. The average Bonchev–Trinajstić information content (AvgIpc) is 2.96. The number of fused-ring (bicyclic) bond motifs is 3. The van der Waals surface area contributed by atoms with E-state index in [0.717, 1.165) is 26.1 Å². The molecule has 0 bridgehead atoms. The number of likely N-dealkylation sites (tertiary alicyclic amines) is 1. The summed E-state index contributed by atoms with van der Waals surface area (Å²) in [6.45, 7) is 5.10. The normalized spacial score (nSPS) is 22.6. The van der Waals surface area contributed by atoms with Crippen LogP contribution in [0, 0.1) is 6.92 Å². The van der Waals surface area contributed by atoms with Gasteiger partial charge in [-0.3, -0.25) is 4.79 Å². The van der Waals surface area contributed by atoms with Gasteiger partial charge < -0.3 is 14.4 Å². The van der Waals surface area contributed by atoms with Crippen LogP contribution in [-0.2, 0) is 17.8 Å². The summed E-state index contributed by atoms with van der Waals surface area (Å²) in [6, 6.07) is 7.03. The monoisotopic (exact) mass is 297 g/mol. The zero-order valence-corrected chi connectivity index (χ0v) is 13.6. The Morgan fingerprint density at radius 3 is 2.77 bits per heavy atom. The molecule has 2 aliphatic heterocycles. The molecule has 1 aromatic carbocycles. The molecule has 1 amide bonds. The van der Waals surface area contributed by atoms with Gasteiger partial charge in [-0.05, 0) is 31.7 Å². The SMILES string of the molecule is Cc1ccc2c(c1)c1c(n2C2CC(=O)N(C)C2)CCN(C)C1. The van der Waals surface area contributed by atoms with Gasteiger partial charge in [0.25, 0.3) is 0 Å². The standard InChI is InChI=1S/C18H23N3O/c1-12-4-5-16-14(8-12)15-11-19(2)7-6-17(15)21(16)13-9-18(22)20(3)10-13/h4-5,8,13H,6-7,9-11H2,1-3H3. The molecule has 4 nitrogen and oxygen atoms in total. The van der Waals surface area contributed by atoms with E-state index in [0.29, 0.717) is 6.42 Å². The lowest BCUT2D eigenvalue weighted by molar-refractivity contribution is -0.126. The van der Waals surface area contributed by atoms with Crippen LogP contribution in [-0.4, -0.2) is 47.5 Å². The van der Waals surface area contributed by atoms with Crippen LogP contribution < -0.4 is 0 Å². The molecule has 2 aromatic rings. The van der Waals surface area contributed by atoms with Gasteiger partial charge >= 0.3 is 0 Å². The first-order chi connectivity index (χ1) is 10.5. The lowest BCUT2D eigenvalue weighted by Gasteiger charge is -2.26. The Kier molecular flexibility index (Phi) is 3.05. The number of carbonyl (C=O) groups is 1. The van der Waals surface area contributed by atoms with E-state index in [1.807, 2.05) is 11.9 Å². The first kappa shape index (κ1) is 13.8. The third-order valence-electron chi connectivity index (χ3n) is 5.22. The molecule has 4 rings (SSSR count). The van der Waals surface area contributed by atoms with Crippen molar-refractivity contribution in [3.8, 4) is 0 Å². The number of carbonyl (C=O) groups excluding carboxylic acids is 1. The minimum Gasteiger partial charge on any atom is -0.344 e. The van der Waals surface area contributed by atoms with Crippen molar-refractivity contribution >= 4 is 16.8 Å². The topological polar surface area (TPSA) is 28.5 Å². The van der Waals surface area contributed by atoms with E-state index in [2.05, 4.69) is 41.6 Å². The largest absolute Gasteiger partial charge is 0.344 e. The van der Waals surface area contributed by atoms with E-state index in [4.69, 9.17) is 0 Å². The van der Waals surface area contributed by atoms with Crippen molar-refractivity contribution in [1.29, 1.82) is 0 Å². The van der Waals surface area contributed by atoms with Gasteiger partial charge in [-0.1, -0.05) is 11.6 Å². The molecular weight excluding hydrogens is 274 g/mol. The molecule has 1 saturated heterocycles. The van der Waals surface area contributed by atoms with Crippen molar-refractivity contribution in [1.82, 2.24) is 14.4 Å².